The summed E-state index contributed by atoms with van der Waals surface area (Å²) in [6, 6.07) is 14.1. The van der Waals surface area contributed by atoms with Crippen molar-refractivity contribution in [3.63, 3.8) is 0 Å². The molecule has 2 aliphatic heterocycles. The van der Waals surface area contributed by atoms with Crippen molar-refractivity contribution in [3.8, 4) is 17.2 Å². The first-order valence-electron chi connectivity index (χ1n) is 8.07. The molecule has 0 bridgehead atoms. The molecule has 2 aromatic carbocycles. The third-order valence-corrected chi connectivity index (χ3v) is 5.09. The molecule has 23 heavy (non-hydrogen) atoms. The molecule has 0 radical (unpaired) electrons. The van der Waals surface area contributed by atoms with Crippen molar-refractivity contribution >= 4 is 17.6 Å². The molecule has 2 aromatic rings. The second kappa shape index (κ2) is 6.34. The zero-order valence-corrected chi connectivity index (χ0v) is 13.9. The van der Waals surface area contributed by atoms with Gasteiger partial charge in [-0.15, -0.1) is 0 Å². The van der Waals surface area contributed by atoms with E-state index in [2.05, 4.69) is 21.8 Å². The van der Waals surface area contributed by atoms with Crippen LogP contribution in [0.2, 0.25) is 0 Å². The van der Waals surface area contributed by atoms with E-state index in [1.165, 1.54) is 23.4 Å². The zero-order chi connectivity index (χ0) is 15.6. The van der Waals surface area contributed by atoms with Crippen LogP contribution >= 0.6 is 11.9 Å². The highest BCUT2D eigenvalue weighted by Gasteiger charge is 2.30. The van der Waals surface area contributed by atoms with Crippen molar-refractivity contribution in [2.75, 3.05) is 18.1 Å². The Bertz CT molecular complexity index is 707. The highest BCUT2D eigenvalue weighted by atomic mass is 32.2. The standard InChI is InChI=1S/C18H20N2O2S/c1-2-21-13-5-3-6-14(11-13)22-15-8-9-16-17(12-15)23-19-18-7-4-10-20(16)18/h3,5-6,8-9,11-12,18-19H,2,4,7,10H2,1H3. The summed E-state index contributed by atoms with van der Waals surface area (Å²) in [6.45, 7) is 3.76. The summed E-state index contributed by atoms with van der Waals surface area (Å²) in [7, 11) is 0. The molecular weight excluding hydrogens is 308 g/mol. The lowest BCUT2D eigenvalue weighted by atomic mass is 10.2. The van der Waals surface area contributed by atoms with Crippen LogP contribution < -0.4 is 19.1 Å². The number of ether oxygens (including phenoxy) is 2. The molecule has 4 rings (SSSR count). The molecule has 5 heteroatoms. The fourth-order valence-corrected chi connectivity index (χ4v) is 4.09. The van der Waals surface area contributed by atoms with E-state index < -0.39 is 0 Å². The fourth-order valence-electron chi connectivity index (χ4n) is 3.12. The maximum Gasteiger partial charge on any atom is 0.131 e. The Kier molecular flexibility index (Phi) is 4.06. The van der Waals surface area contributed by atoms with E-state index in [4.69, 9.17) is 9.47 Å². The first kappa shape index (κ1) is 14.7. The van der Waals surface area contributed by atoms with Crippen molar-refractivity contribution < 1.29 is 9.47 Å². The Hall–Kier alpha value is -1.85. The minimum atomic E-state index is 0.474. The summed E-state index contributed by atoms with van der Waals surface area (Å²) in [5.41, 5.74) is 1.31. The maximum atomic E-state index is 6.00. The predicted octanol–water partition coefficient (Wildman–Crippen LogP) is 4.41. The number of hydrogen-bond donors (Lipinski definition) is 1. The molecule has 0 aliphatic carbocycles. The van der Waals surface area contributed by atoms with Crippen LogP contribution in [0.4, 0.5) is 5.69 Å². The quantitative estimate of drug-likeness (QED) is 0.841. The van der Waals surface area contributed by atoms with Crippen molar-refractivity contribution in [2.45, 2.75) is 30.8 Å². The average Bonchev–Trinajstić information content (AvgIpc) is 3.04. The second-order valence-corrected chi connectivity index (χ2v) is 6.59. The Labute approximate surface area is 140 Å². The van der Waals surface area contributed by atoms with Crippen molar-refractivity contribution in [1.29, 1.82) is 0 Å². The Morgan fingerprint density at radius 3 is 2.96 bits per heavy atom. The number of benzene rings is 2. The van der Waals surface area contributed by atoms with Crippen molar-refractivity contribution in [3.05, 3.63) is 42.5 Å². The van der Waals surface area contributed by atoms with Gasteiger partial charge in [0.15, 0.2) is 0 Å². The van der Waals surface area contributed by atoms with Gasteiger partial charge in [-0.2, -0.15) is 0 Å². The summed E-state index contributed by atoms with van der Waals surface area (Å²) < 4.78 is 15.0. The van der Waals surface area contributed by atoms with Crippen LogP contribution in [0.1, 0.15) is 19.8 Å². The van der Waals surface area contributed by atoms with Gasteiger partial charge in [0, 0.05) is 17.5 Å². The van der Waals surface area contributed by atoms with Gasteiger partial charge in [0.25, 0.3) is 0 Å². The van der Waals surface area contributed by atoms with E-state index >= 15 is 0 Å². The van der Waals surface area contributed by atoms with Gasteiger partial charge >= 0.3 is 0 Å². The first-order chi connectivity index (χ1) is 11.3. The second-order valence-electron chi connectivity index (χ2n) is 5.71. The Morgan fingerprint density at radius 1 is 1.17 bits per heavy atom. The predicted molar refractivity (Wildman–Crippen MR) is 93.5 cm³/mol. The molecule has 2 heterocycles. The van der Waals surface area contributed by atoms with Gasteiger partial charge in [-0.25, -0.2) is 4.72 Å². The van der Waals surface area contributed by atoms with E-state index in [-0.39, 0.29) is 0 Å². The number of rotatable bonds is 4. The van der Waals surface area contributed by atoms with Gasteiger partial charge in [-0.3, -0.25) is 0 Å². The van der Waals surface area contributed by atoms with Crippen LogP contribution in [0.3, 0.4) is 0 Å². The largest absolute Gasteiger partial charge is 0.494 e. The van der Waals surface area contributed by atoms with Crippen LogP contribution in [-0.4, -0.2) is 19.3 Å². The number of fused-ring (bicyclic) bond motifs is 3. The smallest absolute Gasteiger partial charge is 0.131 e. The lowest BCUT2D eigenvalue weighted by Crippen LogP contribution is -2.41. The first-order valence-corrected chi connectivity index (χ1v) is 8.89. The van der Waals surface area contributed by atoms with Crippen LogP contribution in [0.15, 0.2) is 47.4 Å². The summed E-state index contributed by atoms with van der Waals surface area (Å²) in [5.74, 6) is 2.48. The molecule has 2 aliphatic rings. The molecule has 0 spiro atoms. The molecule has 0 saturated carbocycles. The zero-order valence-electron chi connectivity index (χ0n) is 13.1. The van der Waals surface area contributed by atoms with Crippen LogP contribution in [0.25, 0.3) is 0 Å². The van der Waals surface area contributed by atoms with Gasteiger partial charge in [-0.05, 0) is 62.0 Å². The average molecular weight is 328 g/mol. The SMILES string of the molecule is CCOc1cccc(Oc2ccc3c(c2)SNC2CCCN32)c1. The molecule has 1 N–H and O–H groups in total. The molecule has 1 unspecified atom stereocenters. The third-order valence-electron chi connectivity index (χ3n) is 4.15. The summed E-state index contributed by atoms with van der Waals surface area (Å²) in [5, 5.41) is 0. The molecule has 1 atom stereocenters. The van der Waals surface area contributed by atoms with Gasteiger partial charge < -0.3 is 14.4 Å². The third kappa shape index (κ3) is 2.99. The fraction of sp³-hybridized carbons (Fsp3) is 0.333. The van der Waals surface area contributed by atoms with E-state index in [0.717, 1.165) is 23.8 Å². The molecule has 1 saturated heterocycles. The highest BCUT2D eigenvalue weighted by molar-refractivity contribution is 7.97. The molecule has 120 valence electrons. The summed E-state index contributed by atoms with van der Waals surface area (Å²) in [6.07, 6.45) is 2.94. The molecular formula is C18H20N2O2S. The normalized spacial score (nSPS) is 19.2. The Balaban J connectivity index is 1.55. The molecule has 0 amide bonds. The topological polar surface area (TPSA) is 33.7 Å². The monoisotopic (exact) mass is 328 g/mol. The van der Waals surface area contributed by atoms with E-state index in [9.17, 15) is 0 Å². The van der Waals surface area contributed by atoms with Crippen LogP contribution in [0.5, 0.6) is 17.2 Å². The van der Waals surface area contributed by atoms with Gasteiger partial charge in [-0.1, -0.05) is 6.07 Å². The Morgan fingerprint density at radius 2 is 2.04 bits per heavy atom. The highest BCUT2D eigenvalue weighted by Crippen LogP contribution is 2.41. The number of nitrogens with zero attached hydrogens (tertiary/aromatic N) is 1. The lowest BCUT2D eigenvalue weighted by molar-refractivity contribution is 0.338. The van der Waals surface area contributed by atoms with Gasteiger partial charge in [0.2, 0.25) is 0 Å². The minimum absolute atomic E-state index is 0.474. The molecule has 1 fully saturated rings. The van der Waals surface area contributed by atoms with Crippen molar-refractivity contribution in [1.82, 2.24) is 4.72 Å². The van der Waals surface area contributed by atoms with Crippen LogP contribution in [-0.2, 0) is 0 Å². The number of anilines is 1. The molecule has 4 nitrogen and oxygen atoms in total. The van der Waals surface area contributed by atoms with Crippen molar-refractivity contribution in [2.24, 2.45) is 0 Å². The number of hydrogen-bond acceptors (Lipinski definition) is 5. The van der Waals surface area contributed by atoms with E-state index in [0.29, 0.717) is 12.8 Å². The minimum Gasteiger partial charge on any atom is -0.494 e. The van der Waals surface area contributed by atoms with E-state index in [1.807, 2.05) is 37.3 Å². The van der Waals surface area contributed by atoms with Gasteiger partial charge in [0.1, 0.15) is 17.2 Å². The number of nitrogens with one attached hydrogen (secondary N) is 1. The lowest BCUT2D eigenvalue weighted by Gasteiger charge is -2.33. The summed E-state index contributed by atoms with van der Waals surface area (Å²) >= 11 is 1.70. The maximum absolute atomic E-state index is 6.00. The summed E-state index contributed by atoms with van der Waals surface area (Å²) in [4.78, 5) is 3.67. The molecule has 0 aromatic heterocycles. The van der Waals surface area contributed by atoms with E-state index in [1.54, 1.807) is 11.9 Å². The van der Waals surface area contributed by atoms with Crippen LogP contribution in [0, 0.1) is 0 Å². The van der Waals surface area contributed by atoms with Gasteiger partial charge in [0.05, 0.1) is 18.5 Å².